The molecule has 0 aliphatic rings. The van der Waals surface area contributed by atoms with Gasteiger partial charge in [-0.2, -0.15) is 5.10 Å². The summed E-state index contributed by atoms with van der Waals surface area (Å²) < 4.78 is 78.9. The van der Waals surface area contributed by atoms with Gasteiger partial charge in [-0.3, -0.25) is 9.48 Å². The van der Waals surface area contributed by atoms with E-state index in [4.69, 9.17) is 9.15 Å². The van der Waals surface area contributed by atoms with Gasteiger partial charge in [-0.25, -0.2) is 22.0 Å². The minimum Gasteiger partial charge on any atom is -0.486 e. The summed E-state index contributed by atoms with van der Waals surface area (Å²) in [6.45, 7) is -0.529. The lowest BCUT2D eigenvalue weighted by atomic mass is 10.2. The van der Waals surface area contributed by atoms with Gasteiger partial charge in [-0.05, 0) is 36.4 Å². The molecule has 170 valence electrons. The number of amides is 1. The second-order valence-corrected chi connectivity index (χ2v) is 6.84. The maximum Gasteiger partial charge on any atom is 0.291 e. The number of hydrogen-bond donors (Lipinski definition) is 1. The molecule has 6 nitrogen and oxygen atoms in total. The summed E-state index contributed by atoms with van der Waals surface area (Å²) in [6.07, 6.45) is 2.45. The molecule has 0 aliphatic carbocycles. The number of furan rings is 1. The van der Waals surface area contributed by atoms with E-state index in [9.17, 15) is 26.7 Å². The third-order valence-electron chi connectivity index (χ3n) is 4.50. The topological polar surface area (TPSA) is 69.3 Å². The van der Waals surface area contributed by atoms with Crippen molar-refractivity contribution in [3.05, 3.63) is 101 Å². The lowest BCUT2D eigenvalue weighted by molar-refractivity contribution is 0.0992. The zero-order valence-corrected chi connectivity index (χ0v) is 16.6. The fourth-order valence-electron chi connectivity index (χ4n) is 2.88. The maximum atomic E-state index is 13.8. The Morgan fingerprint density at radius 1 is 1.00 bits per heavy atom. The Morgan fingerprint density at radius 2 is 1.76 bits per heavy atom. The van der Waals surface area contributed by atoms with Crippen molar-refractivity contribution in [3.63, 3.8) is 0 Å². The molecular weight excluding hydrogens is 449 g/mol. The Morgan fingerprint density at radius 3 is 2.52 bits per heavy atom. The van der Waals surface area contributed by atoms with Crippen LogP contribution in [-0.2, 0) is 13.2 Å². The summed E-state index contributed by atoms with van der Waals surface area (Å²) in [7, 11) is 0. The quantitative estimate of drug-likeness (QED) is 0.237. The molecule has 0 radical (unpaired) electrons. The minimum atomic E-state index is -1.79. The van der Waals surface area contributed by atoms with E-state index in [-0.39, 0.29) is 24.1 Å². The lowest BCUT2D eigenvalue weighted by Crippen LogP contribution is -2.11. The van der Waals surface area contributed by atoms with Gasteiger partial charge >= 0.3 is 0 Å². The molecule has 0 saturated carbocycles. The van der Waals surface area contributed by atoms with Crippen molar-refractivity contribution in [2.45, 2.75) is 13.2 Å². The number of carbonyl (C=O) groups is 1. The van der Waals surface area contributed by atoms with E-state index in [1.54, 1.807) is 0 Å². The van der Waals surface area contributed by atoms with Crippen LogP contribution < -0.4 is 10.1 Å². The summed E-state index contributed by atoms with van der Waals surface area (Å²) in [4.78, 5) is 12.4. The molecular formula is C22H14F5N3O3. The Kier molecular flexibility index (Phi) is 6.11. The van der Waals surface area contributed by atoms with Gasteiger partial charge in [-0.1, -0.05) is 0 Å². The van der Waals surface area contributed by atoms with Crippen LogP contribution in [0.4, 0.5) is 27.6 Å². The highest BCUT2D eigenvalue weighted by atomic mass is 19.2. The Hall–Kier alpha value is -4.15. The summed E-state index contributed by atoms with van der Waals surface area (Å²) in [6, 6.07) is 8.56. The maximum absolute atomic E-state index is 13.8. The molecule has 2 aromatic heterocycles. The number of nitrogens with zero attached hydrogens (tertiary/aromatic N) is 2. The van der Waals surface area contributed by atoms with Gasteiger partial charge in [0, 0.05) is 17.8 Å². The van der Waals surface area contributed by atoms with Gasteiger partial charge in [0.25, 0.3) is 5.91 Å². The van der Waals surface area contributed by atoms with E-state index < -0.39 is 47.1 Å². The van der Waals surface area contributed by atoms with E-state index in [2.05, 4.69) is 10.4 Å². The van der Waals surface area contributed by atoms with E-state index in [0.717, 1.165) is 4.68 Å². The summed E-state index contributed by atoms with van der Waals surface area (Å²) in [5.74, 6) is -6.66. The zero-order valence-electron chi connectivity index (χ0n) is 16.6. The van der Waals surface area contributed by atoms with Crippen molar-refractivity contribution in [3.8, 4) is 5.75 Å². The first kappa shape index (κ1) is 22.1. The summed E-state index contributed by atoms with van der Waals surface area (Å²) in [5, 5.41) is 6.33. The number of halogens is 5. The molecule has 2 aromatic carbocycles. The smallest absolute Gasteiger partial charge is 0.291 e. The van der Waals surface area contributed by atoms with Gasteiger partial charge < -0.3 is 14.5 Å². The molecule has 0 spiro atoms. The van der Waals surface area contributed by atoms with Crippen LogP contribution in [0.1, 0.15) is 21.9 Å². The molecule has 0 atom stereocenters. The SMILES string of the molecule is O=C(Nc1cnn(Cc2c(F)cc(F)c(F)c2F)c1)c1ccc(COc2ccc(F)cc2)o1. The van der Waals surface area contributed by atoms with Crippen molar-refractivity contribution >= 4 is 11.6 Å². The van der Waals surface area contributed by atoms with Gasteiger partial charge in [-0.15, -0.1) is 0 Å². The zero-order chi connectivity index (χ0) is 23.5. The van der Waals surface area contributed by atoms with Crippen LogP contribution in [0.3, 0.4) is 0 Å². The third kappa shape index (κ3) is 5.03. The van der Waals surface area contributed by atoms with Crippen LogP contribution in [0.15, 0.2) is 59.3 Å². The van der Waals surface area contributed by atoms with Gasteiger partial charge in [0.05, 0.1) is 18.4 Å². The van der Waals surface area contributed by atoms with Crippen LogP contribution in [-0.4, -0.2) is 15.7 Å². The van der Waals surface area contributed by atoms with Crippen molar-refractivity contribution in [2.75, 3.05) is 5.32 Å². The largest absolute Gasteiger partial charge is 0.486 e. The monoisotopic (exact) mass is 463 g/mol. The average molecular weight is 463 g/mol. The molecule has 0 bridgehead atoms. The second-order valence-electron chi connectivity index (χ2n) is 6.84. The van der Waals surface area contributed by atoms with Crippen LogP contribution in [0.5, 0.6) is 5.75 Å². The van der Waals surface area contributed by atoms with E-state index >= 15 is 0 Å². The molecule has 1 amide bonds. The molecule has 4 rings (SSSR count). The Balaban J connectivity index is 1.37. The molecule has 11 heteroatoms. The first-order valence-corrected chi connectivity index (χ1v) is 9.43. The van der Waals surface area contributed by atoms with Crippen molar-refractivity contribution in [1.82, 2.24) is 9.78 Å². The first-order chi connectivity index (χ1) is 15.8. The van der Waals surface area contributed by atoms with Gasteiger partial charge in [0.15, 0.2) is 23.2 Å². The van der Waals surface area contributed by atoms with E-state index in [1.165, 1.54) is 48.8 Å². The van der Waals surface area contributed by atoms with Gasteiger partial charge in [0.1, 0.15) is 29.8 Å². The van der Waals surface area contributed by atoms with Crippen molar-refractivity contribution < 1.29 is 35.9 Å². The van der Waals surface area contributed by atoms with Crippen molar-refractivity contribution in [1.29, 1.82) is 0 Å². The van der Waals surface area contributed by atoms with Crippen LogP contribution in [0.25, 0.3) is 0 Å². The number of ether oxygens (including phenoxy) is 1. The highest BCUT2D eigenvalue weighted by Crippen LogP contribution is 2.21. The van der Waals surface area contributed by atoms with E-state index in [0.29, 0.717) is 11.5 Å². The molecule has 4 aromatic rings. The van der Waals surface area contributed by atoms with Crippen LogP contribution >= 0.6 is 0 Å². The molecule has 33 heavy (non-hydrogen) atoms. The standard InChI is InChI=1S/C22H14F5N3O3/c23-12-1-3-14(4-2-12)32-11-15-5-6-19(33-15)22(31)29-13-8-28-30(9-13)10-16-17(24)7-18(25)21(27)20(16)26/h1-9H,10-11H2,(H,29,31). The highest BCUT2D eigenvalue weighted by molar-refractivity contribution is 6.02. The second kappa shape index (κ2) is 9.15. The van der Waals surface area contributed by atoms with Crippen LogP contribution in [0, 0.1) is 29.1 Å². The van der Waals surface area contributed by atoms with E-state index in [1.807, 2.05) is 0 Å². The number of carbonyl (C=O) groups excluding carboxylic acids is 1. The molecule has 1 N–H and O–H groups in total. The molecule has 0 unspecified atom stereocenters. The lowest BCUT2D eigenvalue weighted by Gasteiger charge is -2.07. The molecule has 0 saturated heterocycles. The summed E-state index contributed by atoms with van der Waals surface area (Å²) in [5.41, 5.74) is -0.546. The number of rotatable bonds is 7. The fraction of sp³-hybridized carbons (Fsp3) is 0.0909. The summed E-state index contributed by atoms with van der Waals surface area (Å²) >= 11 is 0. The Bertz CT molecular complexity index is 1300. The number of benzene rings is 2. The normalized spacial score (nSPS) is 10.9. The predicted octanol–water partition coefficient (Wildman–Crippen LogP) is 5.05. The average Bonchev–Trinajstić information content (AvgIpc) is 3.44. The minimum absolute atomic E-state index is 0.00219. The molecule has 2 heterocycles. The van der Waals surface area contributed by atoms with Crippen molar-refractivity contribution in [2.24, 2.45) is 0 Å². The fourth-order valence-corrected chi connectivity index (χ4v) is 2.88. The third-order valence-corrected chi connectivity index (χ3v) is 4.50. The predicted molar refractivity (Wildman–Crippen MR) is 105 cm³/mol. The number of anilines is 1. The van der Waals surface area contributed by atoms with Crippen LogP contribution in [0.2, 0.25) is 0 Å². The highest BCUT2D eigenvalue weighted by Gasteiger charge is 2.20. The first-order valence-electron chi connectivity index (χ1n) is 9.43. The molecule has 0 fully saturated rings. The van der Waals surface area contributed by atoms with Gasteiger partial charge in [0.2, 0.25) is 0 Å². The number of hydrogen-bond acceptors (Lipinski definition) is 4. The molecule has 0 aliphatic heterocycles. The number of nitrogens with one attached hydrogen (secondary N) is 1. The number of aromatic nitrogens is 2. The Labute approximate surface area is 183 Å².